The zero-order valence-corrected chi connectivity index (χ0v) is 16.9. The molecule has 2 fully saturated rings. The third kappa shape index (κ3) is 3.26. The molecule has 0 unspecified atom stereocenters. The van der Waals surface area contributed by atoms with Crippen molar-refractivity contribution in [3.63, 3.8) is 0 Å². The quantitative estimate of drug-likeness (QED) is 0.653. The summed E-state index contributed by atoms with van der Waals surface area (Å²) in [5.41, 5.74) is -0.955. The molecule has 2 saturated heterocycles. The lowest BCUT2D eigenvalue weighted by Crippen LogP contribution is -2.62. The Balaban J connectivity index is 1.39. The van der Waals surface area contributed by atoms with Gasteiger partial charge in [-0.15, -0.1) is 10.2 Å². The van der Waals surface area contributed by atoms with Gasteiger partial charge in [0.15, 0.2) is 5.82 Å². The number of hydrogen-bond donors (Lipinski definition) is 2. The number of ether oxygens (including phenoxy) is 2. The molecule has 8 nitrogen and oxygen atoms in total. The van der Waals surface area contributed by atoms with E-state index in [0.717, 1.165) is 10.8 Å². The summed E-state index contributed by atoms with van der Waals surface area (Å²) in [7, 11) is 1.48. The van der Waals surface area contributed by atoms with Gasteiger partial charge in [0.05, 0.1) is 17.3 Å². The number of aromatic nitrogens is 4. The van der Waals surface area contributed by atoms with E-state index in [-0.39, 0.29) is 30.3 Å². The third-order valence-electron chi connectivity index (χ3n) is 6.24. The van der Waals surface area contributed by atoms with Crippen molar-refractivity contribution in [3.05, 3.63) is 36.8 Å². The van der Waals surface area contributed by atoms with E-state index in [1.165, 1.54) is 20.2 Å². The van der Waals surface area contributed by atoms with E-state index >= 15 is 0 Å². The predicted octanol–water partition coefficient (Wildman–Crippen LogP) is 2.71. The minimum Gasteiger partial charge on any atom is -0.507 e. The second kappa shape index (κ2) is 7.03. The zero-order valence-electron chi connectivity index (χ0n) is 16.9. The zero-order chi connectivity index (χ0) is 21.8. The molecule has 2 aromatic heterocycles. The second-order valence-corrected chi connectivity index (χ2v) is 8.26. The van der Waals surface area contributed by atoms with E-state index in [1.54, 1.807) is 24.5 Å². The SMILES string of the molecule is CO[C@@H]1[C@@H](Oc2cnc(-c3cc4ccncc4cc3O)nn2)C[C@@]2(C)N[C@@H]1CC2(F)F. The highest BCUT2D eigenvalue weighted by Crippen LogP contribution is 2.48. The van der Waals surface area contributed by atoms with Gasteiger partial charge in [-0.05, 0) is 30.5 Å². The molecule has 0 saturated carbocycles. The average molecular weight is 429 g/mol. The van der Waals surface area contributed by atoms with Crippen LogP contribution in [0.4, 0.5) is 8.78 Å². The Morgan fingerprint density at radius 3 is 2.74 bits per heavy atom. The van der Waals surface area contributed by atoms with E-state index in [2.05, 4.69) is 25.5 Å². The number of hydrogen-bond acceptors (Lipinski definition) is 8. The largest absolute Gasteiger partial charge is 0.507 e. The van der Waals surface area contributed by atoms with Crippen LogP contribution in [0.2, 0.25) is 0 Å². The van der Waals surface area contributed by atoms with Gasteiger partial charge in [-0.1, -0.05) is 0 Å². The van der Waals surface area contributed by atoms with Crippen molar-refractivity contribution in [2.75, 3.05) is 7.11 Å². The van der Waals surface area contributed by atoms with Crippen molar-refractivity contribution in [1.29, 1.82) is 0 Å². The molecule has 2 aliphatic heterocycles. The van der Waals surface area contributed by atoms with Crippen molar-refractivity contribution in [2.24, 2.45) is 0 Å². The van der Waals surface area contributed by atoms with Crippen LogP contribution in [-0.2, 0) is 4.74 Å². The van der Waals surface area contributed by atoms with E-state index in [9.17, 15) is 13.9 Å². The molecule has 2 aliphatic rings. The number of benzene rings is 1. The molecule has 2 N–H and O–H groups in total. The summed E-state index contributed by atoms with van der Waals surface area (Å²) < 4.78 is 40.3. The summed E-state index contributed by atoms with van der Waals surface area (Å²) in [5.74, 6) is -2.53. The number of fused-ring (bicyclic) bond motifs is 3. The van der Waals surface area contributed by atoms with E-state index in [4.69, 9.17) is 9.47 Å². The molecular weight excluding hydrogens is 408 g/mol. The highest BCUT2D eigenvalue weighted by Gasteiger charge is 2.64. The fourth-order valence-electron chi connectivity index (χ4n) is 4.58. The number of alkyl halides is 2. The Labute approximate surface area is 176 Å². The van der Waals surface area contributed by atoms with Crippen molar-refractivity contribution in [1.82, 2.24) is 25.5 Å². The first-order chi connectivity index (χ1) is 14.8. The molecule has 0 aliphatic carbocycles. The molecule has 4 heterocycles. The fourth-order valence-corrected chi connectivity index (χ4v) is 4.58. The number of piperidine rings is 1. The third-order valence-corrected chi connectivity index (χ3v) is 6.24. The van der Waals surface area contributed by atoms with E-state index in [1.807, 2.05) is 6.07 Å². The van der Waals surface area contributed by atoms with Crippen molar-refractivity contribution in [2.45, 2.75) is 49.5 Å². The maximum atomic E-state index is 14.5. The Morgan fingerprint density at radius 1 is 1.16 bits per heavy atom. The number of phenols is 1. The lowest BCUT2D eigenvalue weighted by atomic mass is 9.87. The van der Waals surface area contributed by atoms with Crippen molar-refractivity contribution in [3.8, 4) is 23.0 Å². The highest BCUT2D eigenvalue weighted by atomic mass is 19.3. The molecule has 10 heteroatoms. The summed E-state index contributed by atoms with van der Waals surface area (Å²) in [4.78, 5) is 8.29. The maximum Gasteiger partial charge on any atom is 0.267 e. The molecule has 4 atom stereocenters. The van der Waals surface area contributed by atoms with Gasteiger partial charge in [-0.3, -0.25) is 4.98 Å². The first-order valence-corrected chi connectivity index (χ1v) is 9.91. The van der Waals surface area contributed by atoms with Crippen LogP contribution in [0.5, 0.6) is 11.6 Å². The first kappa shape index (κ1) is 20.0. The van der Waals surface area contributed by atoms with E-state index in [0.29, 0.717) is 5.56 Å². The van der Waals surface area contributed by atoms with Gasteiger partial charge in [0.25, 0.3) is 11.8 Å². The molecule has 3 aromatic rings. The summed E-state index contributed by atoms with van der Waals surface area (Å²) in [5, 5.41) is 23.1. The Hall–Kier alpha value is -2.98. The van der Waals surface area contributed by atoms with Crippen molar-refractivity contribution < 1.29 is 23.4 Å². The predicted molar refractivity (Wildman–Crippen MR) is 107 cm³/mol. The number of pyridine rings is 1. The maximum absolute atomic E-state index is 14.5. The smallest absolute Gasteiger partial charge is 0.267 e. The Kier molecular flexibility index (Phi) is 4.52. The number of nitrogens with zero attached hydrogens (tertiary/aromatic N) is 4. The monoisotopic (exact) mass is 429 g/mol. The van der Waals surface area contributed by atoms with Crippen LogP contribution in [0.1, 0.15) is 19.8 Å². The van der Waals surface area contributed by atoms with Gasteiger partial charge in [0, 0.05) is 43.8 Å². The molecule has 0 amide bonds. The van der Waals surface area contributed by atoms with Crippen molar-refractivity contribution >= 4 is 10.8 Å². The lowest BCUT2D eigenvalue weighted by Gasteiger charge is -2.41. The van der Waals surface area contributed by atoms with Crippen LogP contribution in [0.25, 0.3) is 22.2 Å². The normalized spacial score (nSPS) is 29.2. The highest BCUT2D eigenvalue weighted by molar-refractivity contribution is 5.88. The minimum absolute atomic E-state index is 0.000465. The molecule has 162 valence electrons. The van der Waals surface area contributed by atoms with Gasteiger partial charge >= 0.3 is 0 Å². The second-order valence-electron chi connectivity index (χ2n) is 8.26. The van der Waals surface area contributed by atoms with E-state index < -0.39 is 29.7 Å². The number of halogens is 2. The molecule has 0 spiro atoms. The standard InChI is InChI=1S/C21H21F2N5O3/c1-20-8-16(18(30-2)14(26-20)7-21(20,22)23)31-17-10-25-19(28-27-17)13-5-11-3-4-24-9-12(11)6-15(13)29/h3-6,9-10,14,16,18,26,29H,7-8H2,1-2H3/t14-,16+,18+,20-/m1/s1. The van der Waals surface area contributed by atoms with Gasteiger partial charge in [0.2, 0.25) is 0 Å². The summed E-state index contributed by atoms with van der Waals surface area (Å²) in [6, 6.07) is 4.63. The topological polar surface area (TPSA) is 102 Å². The number of rotatable bonds is 4. The van der Waals surface area contributed by atoms with Crippen LogP contribution >= 0.6 is 0 Å². The molecule has 2 bridgehead atoms. The molecule has 31 heavy (non-hydrogen) atoms. The number of methoxy groups -OCH3 is 1. The Morgan fingerprint density at radius 2 is 2.00 bits per heavy atom. The van der Waals surface area contributed by atoms with Crippen LogP contribution in [0.3, 0.4) is 0 Å². The summed E-state index contributed by atoms with van der Waals surface area (Å²) >= 11 is 0. The lowest BCUT2D eigenvalue weighted by molar-refractivity contribution is -0.0853. The minimum atomic E-state index is -2.86. The average Bonchev–Trinajstić information content (AvgIpc) is 2.92. The molecule has 5 rings (SSSR count). The Bertz CT molecular complexity index is 1130. The number of aromatic hydroxyl groups is 1. The number of phenolic OH excluding ortho intramolecular Hbond substituents is 1. The van der Waals surface area contributed by atoms with Crippen LogP contribution in [0.15, 0.2) is 36.8 Å². The number of nitrogens with one attached hydrogen (secondary N) is 1. The molecular formula is C21H21F2N5O3. The fraction of sp³-hybridized carbons (Fsp3) is 0.429. The van der Waals surface area contributed by atoms with Gasteiger partial charge in [0.1, 0.15) is 18.0 Å². The molecule has 0 radical (unpaired) electrons. The summed E-state index contributed by atoms with van der Waals surface area (Å²) in [6.07, 6.45) is 3.24. The van der Waals surface area contributed by atoms with Crippen LogP contribution in [0, 0.1) is 0 Å². The summed E-state index contributed by atoms with van der Waals surface area (Å²) in [6.45, 7) is 1.50. The van der Waals surface area contributed by atoms with Crippen LogP contribution in [-0.4, -0.2) is 62.1 Å². The van der Waals surface area contributed by atoms with Gasteiger partial charge in [-0.2, -0.15) is 0 Å². The van der Waals surface area contributed by atoms with Gasteiger partial charge < -0.3 is 19.9 Å². The first-order valence-electron chi connectivity index (χ1n) is 9.91. The molecule has 1 aromatic carbocycles. The van der Waals surface area contributed by atoms with Crippen LogP contribution < -0.4 is 10.1 Å². The van der Waals surface area contributed by atoms with Gasteiger partial charge in [-0.25, -0.2) is 13.8 Å².